The lowest BCUT2D eigenvalue weighted by atomic mass is 10.2. The van der Waals surface area contributed by atoms with Crippen LogP contribution in [-0.4, -0.2) is 22.4 Å². The first-order chi connectivity index (χ1) is 10.2. The lowest BCUT2D eigenvalue weighted by molar-refractivity contribution is 0.0954. The van der Waals surface area contributed by atoms with Crippen LogP contribution in [0.25, 0.3) is 11.0 Å². The van der Waals surface area contributed by atoms with E-state index in [2.05, 4.69) is 37.9 Å². The monoisotopic (exact) mass is 391 g/mol. The van der Waals surface area contributed by atoms with Crippen LogP contribution in [0.1, 0.15) is 16.2 Å². The second-order valence-electron chi connectivity index (χ2n) is 4.72. The molecule has 2 aromatic carbocycles. The van der Waals surface area contributed by atoms with Gasteiger partial charge in [0, 0.05) is 22.1 Å². The van der Waals surface area contributed by atoms with Gasteiger partial charge in [-0.3, -0.25) is 4.79 Å². The largest absolute Gasteiger partial charge is 0.352 e. The van der Waals surface area contributed by atoms with Gasteiger partial charge < -0.3 is 10.3 Å². The Labute approximate surface area is 136 Å². The van der Waals surface area contributed by atoms with E-state index >= 15 is 0 Å². The first-order valence-corrected chi connectivity index (χ1v) is 7.77. The summed E-state index contributed by atoms with van der Waals surface area (Å²) in [4.78, 5) is 19.8. The molecule has 0 bridgehead atoms. The molecule has 1 aromatic heterocycles. The number of imidazole rings is 1. The van der Waals surface area contributed by atoms with Gasteiger partial charge >= 0.3 is 0 Å². The van der Waals surface area contributed by atoms with Crippen molar-refractivity contribution < 1.29 is 4.79 Å². The van der Waals surface area contributed by atoms with Crippen LogP contribution in [0.4, 0.5) is 0 Å². The van der Waals surface area contributed by atoms with Crippen molar-refractivity contribution in [3.05, 3.63) is 63.5 Å². The summed E-state index contributed by atoms with van der Waals surface area (Å²) in [5, 5.41) is 2.92. The maximum absolute atomic E-state index is 12.0. The standard InChI is InChI=1S/C16H14IN3O/c17-12-5-3-4-11(10-12)16(21)18-9-8-15-19-13-6-1-2-7-14(13)20-15/h1-7,10H,8-9H2,(H,18,21)(H,19,20). The molecule has 4 nitrogen and oxygen atoms in total. The summed E-state index contributed by atoms with van der Waals surface area (Å²) in [5.74, 6) is 0.837. The molecule has 21 heavy (non-hydrogen) atoms. The van der Waals surface area contributed by atoms with E-state index in [4.69, 9.17) is 0 Å². The predicted molar refractivity (Wildman–Crippen MR) is 91.3 cm³/mol. The smallest absolute Gasteiger partial charge is 0.251 e. The number of halogens is 1. The highest BCUT2D eigenvalue weighted by Crippen LogP contribution is 2.10. The Kier molecular flexibility index (Phi) is 4.19. The van der Waals surface area contributed by atoms with Crippen molar-refractivity contribution in [2.45, 2.75) is 6.42 Å². The molecule has 1 amide bonds. The number of carbonyl (C=O) groups is 1. The third kappa shape index (κ3) is 3.41. The minimum Gasteiger partial charge on any atom is -0.352 e. The van der Waals surface area contributed by atoms with E-state index in [1.165, 1.54) is 0 Å². The zero-order chi connectivity index (χ0) is 14.7. The topological polar surface area (TPSA) is 57.8 Å². The first kappa shape index (κ1) is 14.1. The maximum atomic E-state index is 12.0. The molecule has 0 fully saturated rings. The van der Waals surface area contributed by atoms with Crippen molar-refractivity contribution in [2.24, 2.45) is 0 Å². The van der Waals surface area contributed by atoms with Gasteiger partial charge in [-0.05, 0) is 52.9 Å². The number of hydrogen-bond donors (Lipinski definition) is 2. The zero-order valence-corrected chi connectivity index (χ0v) is 13.4. The molecule has 2 N–H and O–H groups in total. The molecule has 3 rings (SSSR count). The molecule has 0 radical (unpaired) electrons. The molecular formula is C16H14IN3O. The number of hydrogen-bond acceptors (Lipinski definition) is 2. The summed E-state index contributed by atoms with van der Waals surface area (Å²) >= 11 is 2.20. The van der Waals surface area contributed by atoms with Crippen molar-refractivity contribution in [3.8, 4) is 0 Å². The fourth-order valence-corrected chi connectivity index (χ4v) is 2.69. The van der Waals surface area contributed by atoms with Crippen LogP contribution in [0, 0.1) is 3.57 Å². The molecule has 3 aromatic rings. The number of nitrogens with one attached hydrogen (secondary N) is 2. The highest BCUT2D eigenvalue weighted by atomic mass is 127. The number of fused-ring (bicyclic) bond motifs is 1. The average molecular weight is 391 g/mol. The highest BCUT2D eigenvalue weighted by molar-refractivity contribution is 14.1. The number of para-hydroxylation sites is 2. The molecule has 0 saturated heterocycles. The van der Waals surface area contributed by atoms with E-state index in [-0.39, 0.29) is 5.91 Å². The fourth-order valence-electron chi connectivity index (χ4n) is 2.15. The number of aromatic amines is 1. The van der Waals surface area contributed by atoms with Crippen molar-refractivity contribution in [1.29, 1.82) is 0 Å². The van der Waals surface area contributed by atoms with Crippen LogP contribution in [0.15, 0.2) is 48.5 Å². The molecule has 0 atom stereocenters. The zero-order valence-electron chi connectivity index (χ0n) is 11.3. The van der Waals surface area contributed by atoms with Crippen LogP contribution in [-0.2, 0) is 6.42 Å². The molecule has 0 saturated carbocycles. The summed E-state index contributed by atoms with van der Waals surface area (Å²) in [6.45, 7) is 0.560. The Morgan fingerprint density at radius 3 is 2.86 bits per heavy atom. The molecular weight excluding hydrogens is 377 g/mol. The Bertz CT molecular complexity index is 749. The Morgan fingerprint density at radius 1 is 1.19 bits per heavy atom. The van der Waals surface area contributed by atoms with Crippen LogP contribution in [0.2, 0.25) is 0 Å². The van der Waals surface area contributed by atoms with E-state index in [0.717, 1.165) is 20.4 Å². The van der Waals surface area contributed by atoms with Crippen molar-refractivity contribution in [3.63, 3.8) is 0 Å². The van der Waals surface area contributed by atoms with E-state index in [9.17, 15) is 4.79 Å². The van der Waals surface area contributed by atoms with E-state index < -0.39 is 0 Å². The molecule has 5 heteroatoms. The van der Waals surface area contributed by atoms with Gasteiger partial charge in [0.2, 0.25) is 0 Å². The van der Waals surface area contributed by atoms with Crippen LogP contribution in [0.3, 0.4) is 0 Å². The molecule has 0 unspecified atom stereocenters. The number of amides is 1. The molecule has 0 spiro atoms. The van der Waals surface area contributed by atoms with Crippen LogP contribution >= 0.6 is 22.6 Å². The highest BCUT2D eigenvalue weighted by Gasteiger charge is 2.06. The number of benzene rings is 2. The van der Waals surface area contributed by atoms with Gasteiger partial charge in [-0.2, -0.15) is 0 Å². The minimum absolute atomic E-state index is 0.0513. The molecule has 0 aliphatic heterocycles. The summed E-state index contributed by atoms with van der Waals surface area (Å²) in [7, 11) is 0. The minimum atomic E-state index is -0.0513. The van der Waals surface area contributed by atoms with Crippen molar-refractivity contribution in [2.75, 3.05) is 6.54 Å². The molecule has 0 aliphatic rings. The molecule has 1 heterocycles. The van der Waals surface area contributed by atoms with Crippen LogP contribution < -0.4 is 5.32 Å². The second kappa shape index (κ2) is 6.26. The third-order valence-electron chi connectivity index (χ3n) is 3.17. The van der Waals surface area contributed by atoms with Gasteiger partial charge in [0.25, 0.3) is 5.91 Å². The summed E-state index contributed by atoms with van der Waals surface area (Å²) in [5.41, 5.74) is 2.67. The Hall–Kier alpha value is -1.89. The van der Waals surface area contributed by atoms with Gasteiger partial charge in [-0.1, -0.05) is 18.2 Å². The lowest BCUT2D eigenvalue weighted by Gasteiger charge is -2.04. The van der Waals surface area contributed by atoms with Crippen LogP contribution in [0.5, 0.6) is 0 Å². The number of H-pyrrole nitrogens is 1. The van der Waals surface area contributed by atoms with Gasteiger partial charge in [0.15, 0.2) is 0 Å². The van der Waals surface area contributed by atoms with Crippen molar-refractivity contribution >= 4 is 39.5 Å². The predicted octanol–water partition coefficient (Wildman–Crippen LogP) is 3.14. The quantitative estimate of drug-likeness (QED) is 0.672. The lowest BCUT2D eigenvalue weighted by Crippen LogP contribution is -2.25. The number of rotatable bonds is 4. The SMILES string of the molecule is O=C(NCCc1nc2ccccc2[nH]1)c1cccc(I)c1. The van der Waals surface area contributed by atoms with Crippen molar-refractivity contribution in [1.82, 2.24) is 15.3 Å². The number of nitrogens with zero attached hydrogens (tertiary/aromatic N) is 1. The van der Waals surface area contributed by atoms with Gasteiger partial charge in [-0.25, -0.2) is 4.98 Å². The fraction of sp³-hybridized carbons (Fsp3) is 0.125. The Morgan fingerprint density at radius 2 is 2.05 bits per heavy atom. The maximum Gasteiger partial charge on any atom is 0.251 e. The molecule has 0 aliphatic carbocycles. The second-order valence-corrected chi connectivity index (χ2v) is 5.96. The Balaban J connectivity index is 1.59. The summed E-state index contributed by atoms with van der Waals surface area (Å²) < 4.78 is 1.05. The van der Waals surface area contributed by atoms with Gasteiger partial charge in [0.1, 0.15) is 5.82 Å². The van der Waals surface area contributed by atoms with Gasteiger partial charge in [-0.15, -0.1) is 0 Å². The number of carbonyl (C=O) groups excluding carboxylic acids is 1. The van der Waals surface area contributed by atoms with E-state index in [1.807, 2.05) is 48.5 Å². The number of aromatic nitrogens is 2. The van der Waals surface area contributed by atoms with E-state index in [0.29, 0.717) is 18.5 Å². The third-order valence-corrected chi connectivity index (χ3v) is 3.84. The molecule has 106 valence electrons. The van der Waals surface area contributed by atoms with E-state index in [1.54, 1.807) is 0 Å². The summed E-state index contributed by atoms with van der Waals surface area (Å²) in [6, 6.07) is 15.4. The normalized spacial score (nSPS) is 10.7. The average Bonchev–Trinajstić information content (AvgIpc) is 2.89. The first-order valence-electron chi connectivity index (χ1n) is 6.70. The van der Waals surface area contributed by atoms with Gasteiger partial charge in [0.05, 0.1) is 11.0 Å². The summed E-state index contributed by atoms with van der Waals surface area (Å²) in [6.07, 6.45) is 0.685.